The lowest BCUT2D eigenvalue weighted by molar-refractivity contribution is -0.333. The summed E-state index contributed by atoms with van der Waals surface area (Å²) in [7, 11) is 1.62. The number of piperazine rings is 1. The number of fused-ring (bicyclic) bond motifs is 1. The number of ether oxygens (including phenoxy) is 1. The minimum Gasteiger partial charge on any atom is -0.493 e. The number of carbonyl (C=O) groups is 1. The molecule has 2 aromatic carbocycles. The second kappa shape index (κ2) is 11.0. The number of aromatic nitrogens is 3. The number of aromatic amines is 2. The van der Waals surface area contributed by atoms with Crippen LogP contribution in [0.2, 0.25) is 5.02 Å². The van der Waals surface area contributed by atoms with Crippen LogP contribution in [-0.2, 0) is 0 Å². The maximum absolute atomic E-state index is 14.5. The third kappa shape index (κ3) is 5.55. The maximum atomic E-state index is 14.5. The highest BCUT2D eigenvalue weighted by Gasteiger charge is 2.23. The second-order valence-corrected chi connectivity index (χ2v) is 10.1. The van der Waals surface area contributed by atoms with Gasteiger partial charge < -0.3 is 20.7 Å². The Kier molecular flexibility index (Phi) is 7.45. The Hall–Kier alpha value is -4.09. The number of benzene rings is 2. The van der Waals surface area contributed by atoms with Crippen LogP contribution in [0.5, 0.6) is 5.75 Å². The van der Waals surface area contributed by atoms with E-state index in [0.717, 1.165) is 37.9 Å². The van der Waals surface area contributed by atoms with Gasteiger partial charge in [0.05, 0.1) is 23.7 Å². The van der Waals surface area contributed by atoms with E-state index in [1.54, 1.807) is 19.4 Å². The van der Waals surface area contributed by atoms with Gasteiger partial charge in [-0.25, -0.2) is 9.37 Å². The van der Waals surface area contributed by atoms with Crippen LogP contribution < -0.4 is 31.0 Å². The summed E-state index contributed by atoms with van der Waals surface area (Å²) in [5.74, 6) is -0.349. The smallest absolute Gasteiger partial charge is 0.351 e. The van der Waals surface area contributed by atoms with E-state index >= 15 is 0 Å². The fourth-order valence-corrected chi connectivity index (χ4v) is 5.00. The molecule has 0 atom stereocenters. The van der Waals surface area contributed by atoms with Gasteiger partial charge in [-0.3, -0.25) is 20.0 Å². The highest BCUT2D eigenvalue weighted by atomic mass is 35.5. The SMILES string of the molecule is COc1cc(N2CCN(C(C)C)CC2)ccc1Nc1nc(Nc2cc(Cl)cc(F)c2C(N)=O)c2cc[nH]c2[nH+]1. The quantitative estimate of drug-likeness (QED) is 0.256. The van der Waals surface area contributed by atoms with Gasteiger partial charge in [-0.1, -0.05) is 16.6 Å². The van der Waals surface area contributed by atoms with Crippen LogP contribution in [0.3, 0.4) is 0 Å². The van der Waals surface area contributed by atoms with Crippen molar-refractivity contribution in [3.05, 3.63) is 59.0 Å². The minimum absolute atomic E-state index is 0.110. The van der Waals surface area contributed by atoms with Crippen molar-refractivity contribution in [2.45, 2.75) is 19.9 Å². The van der Waals surface area contributed by atoms with Gasteiger partial charge in [0.15, 0.2) is 5.75 Å². The van der Waals surface area contributed by atoms with E-state index in [0.29, 0.717) is 40.3 Å². The van der Waals surface area contributed by atoms with Crippen molar-refractivity contribution in [2.75, 3.05) is 48.8 Å². The van der Waals surface area contributed by atoms with Crippen LogP contribution in [0.4, 0.5) is 33.2 Å². The van der Waals surface area contributed by atoms with Crippen molar-refractivity contribution in [1.29, 1.82) is 0 Å². The summed E-state index contributed by atoms with van der Waals surface area (Å²) in [6, 6.07) is 10.8. The van der Waals surface area contributed by atoms with Gasteiger partial charge in [0.2, 0.25) is 11.5 Å². The van der Waals surface area contributed by atoms with E-state index < -0.39 is 11.7 Å². The van der Waals surface area contributed by atoms with Gasteiger partial charge in [-0.05, 0) is 44.2 Å². The highest BCUT2D eigenvalue weighted by molar-refractivity contribution is 6.31. The molecule has 204 valence electrons. The van der Waals surface area contributed by atoms with Gasteiger partial charge in [0.25, 0.3) is 5.91 Å². The van der Waals surface area contributed by atoms with E-state index in [1.807, 2.05) is 12.1 Å². The molecule has 1 saturated heterocycles. The van der Waals surface area contributed by atoms with Crippen LogP contribution in [0.25, 0.3) is 11.0 Å². The molecule has 2 aromatic heterocycles. The second-order valence-electron chi connectivity index (χ2n) is 9.63. The highest BCUT2D eigenvalue weighted by Crippen LogP contribution is 2.33. The van der Waals surface area contributed by atoms with Crippen molar-refractivity contribution in [3.8, 4) is 5.75 Å². The first-order chi connectivity index (χ1) is 18.7. The fourth-order valence-electron chi connectivity index (χ4n) is 4.80. The van der Waals surface area contributed by atoms with Crippen molar-refractivity contribution >= 4 is 57.4 Å². The molecule has 6 N–H and O–H groups in total. The monoisotopic (exact) mass is 553 g/mol. The molecule has 3 heterocycles. The zero-order valence-electron chi connectivity index (χ0n) is 21.9. The lowest BCUT2D eigenvalue weighted by Gasteiger charge is -2.38. The molecule has 39 heavy (non-hydrogen) atoms. The number of methoxy groups -OCH3 is 1. The Bertz CT molecular complexity index is 1520. The summed E-state index contributed by atoms with van der Waals surface area (Å²) in [5.41, 5.74) is 7.68. The topological polar surface area (TPSA) is 126 Å². The number of hydrogen-bond acceptors (Lipinski definition) is 7. The third-order valence-electron chi connectivity index (χ3n) is 6.87. The molecule has 0 spiro atoms. The lowest BCUT2D eigenvalue weighted by atomic mass is 10.1. The van der Waals surface area contributed by atoms with Gasteiger partial charge in [-0.15, -0.1) is 0 Å². The number of primary amides is 1. The van der Waals surface area contributed by atoms with Gasteiger partial charge >= 0.3 is 5.95 Å². The van der Waals surface area contributed by atoms with Crippen molar-refractivity contribution < 1.29 is 18.9 Å². The molecule has 12 heteroatoms. The summed E-state index contributed by atoms with van der Waals surface area (Å²) in [4.78, 5) is 27.7. The molecule has 0 saturated carbocycles. The standard InChI is InChI=1S/C27H30ClFN8O2/c1-15(2)36-8-10-37(11-9-36)17-4-5-20(22(14-17)39-3)33-27-34-25-18(6-7-31-25)26(35-27)32-21-13-16(28)12-19(29)23(21)24(30)38/h4-7,12-15H,8-11H2,1-3H3,(H2,30,38)(H3,31,32,33,34,35)/p+1. The van der Waals surface area contributed by atoms with Crippen LogP contribution >= 0.6 is 11.6 Å². The summed E-state index contributed by atoms with van der Waals surface area (Å²) in [6.07, 6.45) is 1.74. The van der Waals surface area contributed by atoms with E-state index in [1.165, 1.54) is 6.07 Å². The molecule has 0 unspecified atom stereocenters. The first-order valence-corrected chi connectivity index (χ1v) is 13.0. The lowest BCUT2D eigenvalue weighted by Crippen LogP contribution is -2.48. The number of carbonyl (C=O) groups excluding carboxylic acids is 1. The van der Waals surface area contributed by atoms with Crippen LogP contribution in [-0.4, -0.2) is 60.1 Å². The average molecular weight is 554 g/mol. The van der Waals surface area contributed by atoms with Gasteiger partial charge in [0.1, 0.15) is 11.5 Å². The van der Waals surface area contributed by atoms with E-state index in [4.69, 9.17) is 22.1 Å². The van der Waals surface area contributed by atoms with Crippen LogP contribution in [0, 0.1) is 5.82 Å². The fraction of sp³-hybridized carbons (Fsp3) is 0.296. The molecule has 0 bridgehead atoms. The Balaban J connectivity index is 1.43. The number of anilines is 5. The zero-order chi connectivity index (χ0) is 27.7. The van der Waals surface area contributed by atoms with Crippen molar-refractivity contribution in [2.24, 2.45) is 5.73 Å². The number of rotatable bonds is 8. The third-order valence-corrected chi connectivity index (χ3v) is 7.09. The molecule has 0 radical (unpaired) electrons. The first-order valence-electron chi connectivity index (χ1n) is 12.6. The maximum Gasteiger partial charge on any atom is 0.351 e. The minimum atomic E-state index is -0.923. The predicted octanol–water partition coefficient (Wildman–Crippen LogP) is 4.29. The summed E-state index contributed by atoms with van der Waals surface area (Å²) < 4.78 is 20.2. The number of hydrogen-bond donors (Lipinski definition) is 4. The number of nitrogens with two attached hydrogens (primary N) is 1. The van der Waals surface area contributed by atoms with Crippen LogP contribution in [0.15, 0.2) is 42.6 Å². The molecule has 1 amide bonds. The molecule has 0 aliphatic carbocycles. The molecule has 1 fully saturated rings. The number of halogens is 2. The molecule has 10 nitrogen and oxygen atoms in total. The Morgan fingerprint density at radius 2 is 1.92 bits per heavy atom. The zero-order valence-corrected chi connectivity index (χ0v) is 22.7. The normalized spacial score (nSPS) is 14.2. The number of nitrogens with zero attached hydrogens (tertiary/aromatic N) is 3. The molecule has 5 rings (SSSR count). The first kappa shape index (κ1) is 26.5. The Morgan fingerprint density at radius 3 is 2.62 bits per heavy atom. The summed E-state index contributed by atoms with van der Waals surface area (Å²) in [6.45, 7) is 8.36. The van der Waals surface area contributed by atoms with Crippen LogP contribution in [0.1, 0.15) is 24.2 Å². The van der Waals surface area contributed by atoms with E-state index in [-0.39, 0.29) is 16.3 Å². The molecule has 1 aliphatic rings. The van der Waals surface area contributed by atoms with E-state index in [2.05, 4.69) is 55.3 Å². The summed E-state index contributed by atoms with van der Waals surface area (Å²) in [5, 5.41) is 7.09. The number of H-pyrrole nitrogens is 2. The van der Waals surface area contributed by atoms with E-state index in [9.17, 15) is 9.18 Å². The molecule has 4 aromatic rings. The average Bonchev–Trinajstić information content (AvgIpc) is 3.37. The number of nitrogens with one attached hydrogen (secondary N) is 4. The molecular formula is C27H31ClFN8O2+. The Labute approximate surface area is 230 Å². The van der Waals surface area contributed by atoms with Gasteiger partial charge in [-0.2, -0.15) is 0 Å². The predicted molar refractivity (Wildman–Crippen MR) is 151 cm³/mol. The largest absolute Gasteiger partial charge is 0.493 e. The Morgan fingerprint density at radius 1 is 1.15 bits per heavy atom. The van der Waals surface area contributed by atoms with Crippen molar-refractivity contribution in [1.82, 2.24) is 14.9 Å². The molecular weight excluding hydrogens is 523 g/mol. The number of amides is 1. The summed E-state index contributed by atoms with van der Waals surface area (Å²) >= 11 is 6.05. The van der Waals surface area contributed by atoms with Crippen molar-refractivity contribution in [3.63, 3.8) is 0 Å². The molecule has 1 aliphatic heterocycles. The van der Waals surface area contributed by atoms with Gasteiger partial charge in [0, 0.05) is 55.2 Å².